The van der Waals surface area contributed by atoms with Gasteiger partial charge in [0.2, 0.25) is 0 Å². The number of hydrogen-bond donors (Lipinski definition) is 1. The molecule has 0 radical (unpaired) electrons. The van der Waals surface area contributed by atoms with Crippen LogP contribution in [0.2, 0.25) is 0 Å². The number of rotatable bonds is 6. The molecule has 21 heavy (non-hydrogen) atoms. The minimum atomic E-state index is -4.25. The average molecular weight is 301 g/mol. The third-order valence-electron chi connectivity index (χ3n) is 3.69. The summed E-state index contributed by atoms with van der Waals surface area (Å²) in [4.78, 5) is 0. The normalized spacial score (nSPS) is 14.2. The molecule has 1 N–H and O–H groups in total. The van der Waals surface area contributed by atoms with Crippen LogP contribution in [0.1, 0.15) is 51.7 Å². The Morgan fingerprint density at radius 2 is 1.62 bits per heavy atom. The lowest BCUT2D eigenvalue weighted by Crippen LogP contribution is -2.41. The van der Waals surface area contributed by atoms with Gasteiger partial charge >= 0.3 is 6.18 Å². The van der Waals surface area contributed by atoms with Gasteiger partial charge in [-0.05, 0) is 48.9 Å². The topological polar surface area (TPSA) is 12.0 Å². The van der Waals surface area contributed by atoms with Crippen LogP contribution in [0.3, 0.4) is 0 Å². The van der Waals surface area contributed by atoms with E-state index < -0.39 is 11.7 Å². The quantitative estimate of drug-likeness (QED) is 0.775. The molecule has 1 atom stereocenters. The molecule has 1 unspecified atom stereocenters. The van der Waals surface area contributed by atoms with Crippen molar-refractivity contribution >= 4 is 0 Å². The molecule has 0 aromatic heterocycles. The minimum Gasteiger partial charge on any atom is -0.313 e. The summed E-state index contributed by atoms with van der Waals surface area (Å²) in [6, 6.07) is 5.87. The molecule has 0 saturated heterocycles. The highest BCUT2D eigenvalue weighted by molar-refractivity contribution is 5.24. The van der Waals surface area contributed by atoms with Crippen molar-refractivity contribution in [2.75, 3.05) is 6.54 Å². The first kappa shape index (κ1) is 18.0. The van der Waals surface area contributed by atoms with Crippen LogP contribution in [0, 0.1) is 5.41 Å². The summed E-state index contributed by atoms with van der Waals surface area (Å²) in [7, 11) is 0. The molecule has 0 amide bonds. The van der Waals surface area contributed by atoms with Crippen LogP contribution in [-0.2, 0) is 12.6 Å². The van der Waals surface area contributed by atoms with E-state index in [1.807, 2.05) is 0 Å². The van der Waals surface area contributed by atoms with Gasteiger partial charge in [-0.25, -0.2) is 0 Å². The maximum Gasteiger partial charge on any atom is 0.416 e. The zero-order valence-corrected chi connectivity index (χ0v) is 13.3. The molecule has 0 fully saturated rings. The Morgan fingerprint density at radius 3 is 2.05 bits per heavy atom. The Bertz CT molecular complexity index is 415. The van der Waals surface area contributed by atoms with Crippen LogP contribution in [0.5, 0.6) is 0 Å². The lowest BCUT2D eigenvalue weighted by molar-refractivity contribution is -0.137. The molecule has 1 rings (SSSR count). The van der Waals surface area contributed by atoms with Crippen molar-refractivity contribution in [3.05, 3.63) is 35.4 Å². The monoisotopic (exact) mass is 301 g/mol. The third kappa shape index (κ3) is 6.08. The molecule has 1 nitrogen and oxygen atoms in total. The number of halogens is 3. The van der Waals surface area contributed by atoms with E-state index in [4.69, 9.17) is 0 Å². The molecule has 0 aliphatic carbocycles. The fraction of sp³-hybridized carbons (Fsp3) is 0.647. The lowest BCUT2D eigenvalue weighted by atomic mass is 9.83. The molecule has 0 aliphatic rings. The van der Waals surface area contributed by atoms with Crippen molar-refractivity contribution in [3.8, 4) is 0 Å². The van der Waals surface area contributed by atoms with Crippen LogP contribution in [0.15, 0.2) is 24.3 Å². The van der Waals surface area contributed by atoms with Gasteiger partial charge < -0.3 is 5.32 Å². The van der Waals surface area contributed by atoms with Gasteiger partial charge in [-0.15, -0.1) is 0 Å². The summed E-state index contributed by atoms with van der Waals surface area (Å²) in [6.45, 7) is 9.66. The largest absolute Gasteiger partial charge is 0.416 e. The summed E-state index contributed by atoms with van der Waals surface area (Å²) >= 11 is 0. The van der Waals surface area contributed by atoms with Crippen molar-refractivity contribution in [3.63, 3.8) is 0 Å². The number of hydrogen-bond acceptors (Lipinski definition) is 1. The van der Waals surface area contributed by atoms with Crippen molar-refractivity contribution in [1.29, 1.82) is 0 Å². The van der Waals surface area contributed by atoms with Crippen molar-refractivity contribution in [1.82, 2.24) is 5.32 Å². The first-order valence-corrected chi connectivity index (χ1v) is 7.54. The van der Waals surface area contributed by atoms with Gasteiger partial charge in [0.25, 0.3) is 0 Å². The molecular weight excluding hydrogens is 275 g/mol. The third-order valence-corrected chi connectivity index (χ3v) is 3.69. The molecule has 0 heterocycles. The highest BCUT2D eigenvalue weighted by Gasteiger charge is 2.30. The van der Waals surface area contributed by atoms with Crippen molar-refractivity contribution < 1.29 is 13.2 Å². The number of aryl methyl sites for hydroxylation is 1. The fourth-order valence-electron chi connectivity index (χ4n) is 2.33. The number of alkyl halides is 3. The molecule has 0 spiro atoms. The predicted molar refractivity (Wildman–Crippen MR) is 81.3 cm³/mol. The van der Waals surface area contributed by atoms with Crippen molar-refractivity contribution in [2.24, 2.45) is 5.41 Å². The molecule has 1 aromatic rings. The molecule has 1 aromatic carbocycles. The van der Waals surface area contributed by atoms with E-state index in [-0.39, 0.29) is 5.41 Å². The average Bonchev–Trinajstić information content (AvgIpc) is 2.36. The van der Waals surface area contributed by atoms with Gasteiger partial charge in [0.1, 0.15) is 0 Å². The smallest absolute Gasteiger partial charge is 0.313 e. The fourth-order valence-corrected chi connectivity index (χ4v) is 2.33. The van der Waals surface area contributed by atoms with E-state index in [1.165, 1.54) is 12.1 Å². The second kappa shape index (κ2) is 7.30. The lowest BCUT2D eigenvalue weighted by Gasteiger charge is -2.32. The van der Waals surface area contributed by atoms with Gasteiger partial charge in [-0.2, -0.15) is 13.2 Å². The first-order valence-electron chi connectivity index (χ1n) is 7.54. The van der Waals surface area contributed by atoms with Crippen LogP contribution >= 0.6 is 0 Å². The zero-order chi connectivity index (χ0) is 16.1. The van der Waals surface area contributed by atoms with Crippen molar-refractivity contribution in [2.45, 2.75) is 59.2 Å². The summed E-state index contributed by atoms with van der Waals surface area (Å²) < 4.78 is 37.6. The predicted octanol–water partition coefficient (Wildman–Crippen LogP) is 5.05. The van der Waals surface area contributed by atoms with Gasteiger partial charge in [-0.3, -0.25) is 0 Å². The van der Waals surface area contributed by atoms with E-state index in [2.05, 4.69) is 33.0 Å². The Hall–Kier alpha value is -1.03. The van der Waals surface area contributed by atoms with Gasteiger partial charge in [0, 0.05) is 6.04 Å². The summed E-state index contributed by atoms with van der Waals surface area (Å²) in [5, 5.41) is 3.54. The van der Waals surface area contributed by atoms with Crippen LogP contribution in [0.25, 0.3) is 0 Å². The molecule has 0 saturated carbocycles. The maximum atomic E-state index is 12.5. The van der Waals surface area contributed by atoms with E-state index in [1.54, 1.807) is 12.1 Å². The zero-order valence-electron chi connectivity index (χ0n) is 13.3. The molecule has 0 aliphatic heterocycles. The van der Waals surface area contributed by atoms with E-state index >= 15 is 0 Å². The maximum absolute atomic E-state index is 12.5. The standard InChI is InChI=1S/C17H26F3N/c1-5-12-21-15(16(2,3)4)11-8-13-6-9-14(10-7-13)17(18,19)20/h6-7,9-10,15,21H,5,8,11-12H2,1-4H3. The van der Waals surface area contributed by atoms with Gasteiger partial charge in [0.15, 0.2) is 0 Å². The van der Waals surface area contributed by atoms with Crippen LogP contribution in [-0.4, -0.2) is 12.6 Å². The SMILES string of the molecule is CCCNC(CCc1ccc(C(F)(F)F)cc1)C(C)(C)C. The molecule has 0 bridgehead atoms. The Kier molecular flexibility index (Phi) is 6.26. The van der Waals surface area contributed by atoms with E-state index in [0.29, 0.717) is 6.04 Å². The highest BCUT2D eigenvalue weighted by Crippen LogP contribution is 2.29. The molecule has 120 valence electrons. The molecule has 4 heteroatoms. The highest BCUT2D eigenvalue weighted by atomic mass is 19.4. The summed E-state index contributed by atoms with van der Waals surface area (Å²) in [5.41, 5.74) is 0.513. The molecular formula is C17H26F3N. The van der Waals surface area contributed by atoms with Crippen LogP contribution in [0.4, 0.5) is 13.2 Å². The minimum absolute atomic E-state index is 0.140. The Morgan fingerprint density at radius 1 is 1.05 bits per heavy atom. The van der Waals surface area contributed by atoms with E-state index in [0.717, 1.165) is 31.4 Å². The Labute approximate surface area is 125 Å². The van der Waals surface area contributed by atoms with Crippen LogP contribution < -0.4 is 5.32 Å². The second-order valence-electron chi connectivity index (χ2n) is 6.61. The van der Waals surface area contributed by atoms with Gasteiger partial charge in [-0.1, -0.05) is 39.8 Å². The summed E-state index contributed by atoms with van der Waals surface area (Å²) in [5.74, 6) is 0. The number of benzene rings is 1. The second-order valence-corrected chi connectivity index (χ2v) is 6.61. The summed E-state index contributed by atoms with van der Waals surface area (Å²) in [6.07, 6.45) is -1.46. The van der Waals surface area contributed by atoms with Gasteiger partial charge in [0.05, 0.1) is 5.56 Å². The first-order chi connectivity index (χ1) is 9.64. The number of nitrogens with one attached hydrogen (secondary N) is 1. The van der Waals surface area contributed by atoms with E-state index in [9.17, 15) is 13.2 Å². The Balaban J connectivity index is 2.63.